The first kappa shape index (κ1) is 36.6. The van der Waals surface area contributed by atoms with Crippen molar-refractivity contribution in [1.29, 1.82) is 0 Å². The Labute approximate surface area is 308 Å². The monoisotopic (exact) mass is 768 g/mol. The van der Waals surface area contributed by atoms with Crippen LogP contribution in [0.4, 0.5) is 8.78 Å². The molecule has 4 amide bonds. The minimum Gasteiger partial charge on any atom is -0.390 e. The largest absolute Gasteiger partial charge is 0.390 e. The van der Waals surface area contributed by atoms with E-state index < -0.39 is 86.8 Å². The summed E-state index contributed by atoms with van der Waals surface area (Å²) < 4.78 is 55.3. The number of benzene rings is 2. The van der Waals surface area contributed by atoms with Gasteiger partial charge in [-0.2, -0.15) is 0 Å². The van der Waals surface area contributed by atoms with Crippen LogP contribution in [0.5, 0.6) is 0 Å². The van der Waals surface area contributed by atoms with E-state index in [9.17, 15) is 36.4 Å². The highest BCUT2D eigenvalue weighted by atomic mass is 32.2. The highest BCUT2D eigenvalue weighted by Gasteiger charge is 2.67. The summed E-state index contributed by atoms with van der Waals surface area (Å²) >= 11 is 1.20. The molecule has 1 unspecified atom stereocenters. The van der Waals surface area contributed by atoms with Gasteiger partial charge in [-0.05, 0) is 35.8 Å². The molecule has 280 valence electrons. The van der Waals surface area contributed by atoms with Gasteiger partial charge in [0, 0.05) is 22.9 Å². The topological polar surface area (TPSA) is 176 Å². The summed E-state index contributed by atoms with van der Waals surface area (Å²) in [5.74, 6) is -5.11. The van der Waals surface area contributed by atoms with Gasteiger partial charge in [0.1, 0.15) is 35.1 Å². The third-order valence-corrected chi connectivity index (χ3v) is 12.5. The van der Waals surface area contributed by atoms with Crippen LogP contribution in [0.25, 0.3) is 11.1 Å². The Morgan fingerprint density at radius 2 is 1.64 bits per heavy atom. The molecule has 2 heterocycles. The second kappa shape index (κ2) is 13.6. The molecule has 1 aromatic heterocycles. The van der Waals surface area contributed by atoms with E-state index in [0.29, 0.717) is 18.6 Å². The fraction of sp³-hybridized carbons (Fsp3) is 0.444. The number of hydrogen-bond acceptors (Lipinski definition) is 10. The van der Waals surface area contributed by atoms with Gasteiger partial charge in [0.05, 0.1) is 23.2 Å². The van der Waals surface area contributed by atoms with Gasteiger partial charge >= 0.3 is 0 Å². The van der Waals surface area contributed by atoms with Crippen molar-refractivity contribution in [1.82, 2.24) is 25.2 Å². The molecule has 0 spiro atoms. The Morgan fingerprint density at radius 3 is 2.17 bits per heavy atom. The number of halogens is 2. The van der Waals surface area contributed by atoms with E-state index in [1.807, 2.05) is 53.3 Å². The average molecular weight is 769 g/mol. The van der Waals surface area contributed by atoms with Crippen LogP contribution in [0.2, 0.25) is 0 Å². The van der Waals surface area contributed by atoms with Gasteiger partial charge in [-0.15, -0.1) is 11.3 Å². The number of likely N-dealkylation sites (tertiary alicyclic amines) is 1. The maximum Gasteiger partial charge on any atom is 0.271 e. The van der Waals surface area contributed by atoms with E-state index in [0.717, 1.165) is 22.3 Å². The predicted octanol–water partition coefficient (Wildman–Crippen LogP) is 3.46. The molecule has 13 nitrogen and oxygen atoms in total. The number of thiazole rings is 1. The Bertz CT molecular complexity index is 2050. The van der Waals surface area contributed by atoms with Crippen molar-refractivity contribution in [3.8, 4) is 11.1 Å². The lowest BCUT2D eigenvalue weighted by Crippen LogP contribution is -2.60. The molecule has 53 heavy (non-hydrogen) atoms. The van der Waals surface area contributed by atoms with E-state index >= 15 is 0 Å². The molecule has 0 bridgehead atoms. The van der Waals surface area contributed by atoms with Gasteiger partial charge < -0.3 is 20.4 Å². The fourth-order valence-electron chi connectivity index (χ4n) is 6.97. The van der Waals surface area contributed by atoms with E-state index in [-0.39, 0.29) is 18.7 Å². The minimum atomic E-state index is -4.12. The first-order chi connectivity index (χ1) is 25.1. The van der Waals surface area contributed by atoms with Crippen LogP contribution in [0.3, 0.4) is 0 Å². The van der Waals surface area contributed by atoms with Gasteiger partial charge in [-0.3, -0.25) is 23.9 Å². The summed E-state index contributed by atoms with van der Waals surface area (Å²) in [6.45, 7) is 5.01. The van der Waals surface area contributed by atoms with Crippen LogP contribution in [0.15, 0.2) is 64.6 Å². The summed E-state index contributed by atoms with van der Waals surface area (Å²) in [6, 6.07) is 12.8. The molecule has 3 aliphatic carbocycles. The third kappa shape index (κ3) is 7.03. The van der Waals surface area contributed by atoms with Gasteiger partial charge in [-0.25, -0.2) is 22.2 Å². The standard InChI is InChI=1S/C36H38F2N6O7S2/c1-35(2,3)29(40-31(45)26-17-52-18-39-26)33(47)44-16-19(51-42-28-23-10-6-4-8-21(23)22-9-5-7-11-24(22)28)14-27(44)32(46)41-36(15-25(36)30(37)38)34(48)43-53(49,50)20-12-13-20/h4-11,17-20,25,27,29-30H,12-16H2,1-3H3,(H,40,45)(H,41,46)(H,43,48)/t19-,25+,27?,29-,36+/m1/s1. The maximum atomic E-state index is 14.4. The number of nitrogens with one attached hydrogen (secondary N) is 3. The molecule has 17 heteroatoms. The van der Waals surface area contributed by atoms with E-state index in [4.69, 9.17) is 4.84 Å². The highest BCUT2D eigenvalue weighted by molar-refractivity contribution is 7.91. The quantitative estimate of drug-likeness (QED) is 0.195. The number of alkyl halides is 2. The van der Waals surface area contributed by atoms with Crippen LogP contribution >= 0.6 is 11.3 Å². The molecule has 3 fully saturated rings. The first-order valence-electron chi connectivity index (χ1n) is 17.2. The van der Waals surface area contributed by atoms with Crippen molar-refractivity contribution in [3.05, 3.63) is 76.2 Å². The number of carbonyl (C=O) groups excluding carboxylic acids is 4. The molecule has 4 aliphatic rings. The highest BCUT2D eigenvalue weighted by Crippen LogP contribution is 2.48. The molecule has 3 N–H and O–H groups in total. The van der Waals surface area contributed by atoms with Crippen LogP contribution in [-0.2, 0) is 29.2 Å². The lowest BCUT2D eigenvalue weighted by Gasteiger charge is -2.35. The Hall–Kier alpha value is -4.77. The van der Waals surface area contributed by atoms with Crippen LogP contribution in [0.1, 0.15) is 68.1 Å². The van der Waals surface area contributed by atoms with Crippen molar-refractivity contribution in [2.75, 3.05) is 6.54 Å². The smallest absolute Gasteiger partial charge is 0.271 e. The zero-order chi connectivity index (χ0) is 37.9. The lowest BCUT2D eigenvalue weighted by atomic mass is 9.85. The third-order valence-electron chi connectivity index (χ3n) is 10.1. The molecule has 0 radical (unpaired) electrons. The molecular formula is C36H38F2N6O7S2. The van der Waals surface area contributed by atoms with Gasteiger partial charge in [-0.1, -0.05) is 74.5 Å². The second-order valence-corrected chi connectivity index (χ2v) is 17.6. The van der Waals surface area contributed by atoms with Crippen molar-refractivity contribution >= 4 is 50.7 Å². The molecule has 1 aliphatic heterocycles. The number of carbonyl (C=O) groups is 4. The van der Waals surface area contributed by atoms with Crippen molar-refractivity contribution < 1.29 is 41.2 Å². The van der Waals surface area contributed by atoms with E-state index in [1.165, 1.54) is 27.1 Å². The molecule has 5 atom stereocenters. The molecular weight excluding hydrogens is 731 g/mol. The van der Waals surface area contributed by atoms with Crippen LogP contribution in [0, 0.1) is 11.3 Å². The summed E-state index contributed by atoms with van der Waals surface area (Å²) in [4.78, 5) is 66.3. The Morgan fingerprint density at radius 1 is 1.02 bits per heavy atom. The van der Waals surface area contributed by atoms with E-state index in [1.54, 1.807) is 20.8 Å². The lowest BCUT2D eigenvalue weighted by molar-refractivity contribution is -0.143. The number of amides is 4. The zero-order valence-electron chi connectivity index (χ0n) is 29.0. The first-order valence-corrected chi connectivity index (χ1v) is 19.7. The van der Waals surface area contributed by atoms with Crippen LogP contribution < -0.4 is 15.4 Å². The molecule has 1 saturated heterocycles. The summed E-state index contributed by atoms with van der Waals surface area (Å²) in [5.41, 5.74) is 2.61. The van der Waals surface area contributed by atoms with Crippen molar-refractivity contribution in [3.63, 3.8) is 0 Å². The predicted molar refractivity (Wildman–Crippen MR) is 190 cm³/mol. The zero-order valence-corrected chi connectivity index (χ0v) is 30.7. The van der Waals surface area contributed by atoms with E-state index in [2.05, 4.69) is 20.8 Å². The molecule has 2 aromatic carbocycles. The molecule has 2 saturated carbocycles. The maximum absolute atomic E-state index is 14.4. The van der Waals surface area contributed by atoms with Gasteiger partial charge in [0.15, 0.2) is 0 Å². The molecule has 3 aromatic rings. The number of rotatable bonds is 11. The normalized spacial score (nSPS) is 23.8. The second-order valence-electron chi connectivity index (χ2n) is 14.9. The van der Waals surface area contributed by atoms with Crippen molar-refractivity contribution in [2.45, 2.75) is 81.9 Å². The van der Waals surface area contributed by atoms with Crippen molar-refractivity contribution in [2.24, 2.45) is 16.5 Å². The minimum absolute atomic E-state index is 0.0998. The van der Waals surface area contributed by atoms with Crippen LogP contribution in [-0.4, -0.2) is 89.6 Å². The van der Waals surface area contributed by atoms with Gasteiger partial charge in [0.2, 0.25) is 28.3 Å². The summed E-state index contributed by atoms with van der Waals surface area (Å²) in [5, 5.41) is 10.4. The van der Waals surface area contributed by atoms with Gasteiger partial charge in [0.25, 0.3) is 11.8 Å². The fourth-order valence-corrected chi connectivity index (χ4v) is 8.86. The Balaban J connectivity index is 1.18. The number of fused-ring (bicyclic) bond motifs is 3. The summed E-state index contributed by atoms with van der Waals surface area (Å²) in [7, 11) is -4.12. The SMILES string of the molecule is CC(C)(C)[C@H](NC(=O)c1cscn1)C(=O)N1C[C@H](ON=C2c3ccccc3-c3ccccc32)CC1C(=O)N[C@@]1(C(=O)NS(=O)(=O)C2CC2)C[C@H]1C(F)F. The average Bonchev–Trinajstić information content (AvgIpc) is 3.94. The number of nitrogens with zero attached hydrogens (tertiary/aromatic N) is 3. The number of hydrogen-bond donors (Lipinski definition) is 3. The number of oxime groups is 1. The number of sulfonamides is 1. The Kier molecular flexibility index (Phi) is 9.37. The molecule has 7 rings (SSSR count). The summed E-state index contributed by atoms with van der Waals surface area (Å²) in [6.07, 6.45) is -3.90. The number of aromatic nitrogens is 1.